The highest BCUT2D eigenvalue weighted by atomic mass is 32.2. The molecule has 4 aromatic rings. The predicted molar refractivity (Wildman–Crippen MR) is 122 cm³/mol. The normalized spacial score (nSPS) is 14.6. The molecule has 5 rings (SSSR count). The first-order valence-electron chi connectivity index (χ1n) is 10.6. The van der Waals surface area contributed by atoms with Crippen molar-refractivity contribution in [1.29, 1.82) is 0 Å². The lowest BCUT2D eigenvalue weighted by atomic mass is 10.0. The van der Waals surface area contributed by atoms with E-state index in [0.717, 1.165) is 22.3 Å². The summed E-state index contributed by atoms with van der Waals surface area (Å²) in [7, 11) is -3.74. The molecule has 0 spiro atoms. The fourth-order valence-corrected chi connectivity index (χ4v) is 5.63. The standard InChI is InChI=1S/C24H24N4O3S/c1-17-7-8-18(2)21(13-17)15-28-24(29)27-16-22(9-10-23(27)25-28)32(30,31)26-12-11-19-5-3-4-6-20(19)14-26/h3-10,13,16H,11-12,14-15H2,1-2H3. The van der Waals surface area contributed by atoms with Crippen molar-refractivity contribution in [1.82, 2.24) is 18.5 Å². The molecule has 0 atom stereocenters. The molecule has 0 aliphatic carbocycles. The van der Waals surface area contributed by atoms with Crippen molar-refractivity contribution in [2.75, 3.05) is 6.54 Å². The summed E-state index contributed by atoms with van der Waals surface area (Å²) in [5.41, 5.74) is 5.45. The molecule has 7 nitrogen and oxygen atoms in total. The number of fused-ring (bicyclic) bond motifs is 2. The topological polar surface area (TPSA) is 76.7 Å². The summed E-state index contributed by atoms with van der Waals surface area (Å²) in [6.07, 6.45) is 2.06. The molecule has 3 heterocycles. The number of hydrogen-bond donors (Lipinski definition) is 0. The van der Waals surface area contributed by atoms with Crippen LogP contribution in [0.1, 0.15) is 27.8 Å². The van der Waals surface area contributed by atoms with Gasteiger partial charge in [-0.15, -0.1) is 5.10 Å². The zero-order valence-electron chi connectivity index (χ0n) is 18.0. The Bertz CT molecular complexity index is 1500. The van der Waals surface area contributed by atoms with Crippen LogP contribution in [0.4, 0.5) is 0 Å². The minimum Gasteiger partial charge on any atom is -0.249 e. The molecule has 0 radical (unpaired) electrons. The van der Waals surface area contributed by atoms with Gasteiger partial charge in [-0.05, 0) is 54.7 Å². The van der Waals surface area contributed by atoms with E-state index < -0.39 is 10.0 Å². The van der Waals surface area contributed by atoms with Crippen LogP contribution in [0.15, 0.2) is 70.5 Å². The first-order valence-corrected chi connectivity index (χ1v) is 12.0. The Labute approximate surface area is 186 Å². The summed E-state index contributed by atoms with van der Waals surface area (Å²) < 4.78 is 30.8. The Morgan fingerprint density at radius 1 is 1.00 bits per heavy atom. The highest BCUT2D eigenvalue weighted by Gasteiger charge is 2.29. The lowest BCUT2D eigenvalue weighted by molar-refractivity contribution is 0.391. The van der Waals surface area contributed by atoms with E-state index in [0.29, 0.717) is 31.7 Å². The van der Waals surface area contributed by atoms with Crippen molar-refractivity contribution in [3.05, 3.63) is 99.1 Å². The molecule has 2 aromatic heterocycles. The van der Waals surface area contributed by atoms with Crippen LogP contribution < -0.4 is 5.69 Å². The molecule has 0 fully saturated rings. The number of hydrogen-bond acceptors (Lipinski definition) is 4. The van der Waals surface area contributed by atoms with Gasteiger partial charge in [-0.2, -0.15) is 4.31 Å². The van der Waals surface area contributed by atoms with Gasteiger partial charge in [0.05, 0.1) is 11.4 Å². The van der Waals surface area contributed by atoms with E-state index in [9.17, 15) is 13.2 Å². The van der Waals surface area contributed by atoms with Gasteiger partial charge in [-0.1, -0.05) is 48.0 Å². The van der Waals surface area contributed by atoms with Crippen molar-refractivity contribution in [3.8, 4) is 0 Å². The molecule has 2 aromatic carbocycles. The zero-order chi connectivity index (χ0) is 22.5. The van der Waals surface area contributed by atoms with Gasteiger partial charge in [0.15, 0.2) is 5.65 Å². The van der Waals surface area contributed by atoms with E-state index in [1.54, 1.807) is 6.07 Å². The highest BCUT2D eigenvalue weighted by Crippen LogP contribution is 2.25. The van der Waals surface area contributed by atoms with E-state index in [2.05, 4.69) is 5.10 Å². The lowest BCUT2D eigenvalue weighted by Gasteiger charge is -2.28. The van der Waals surface area contributed by atoms with Gasteiger partial charge in [0.25, 0.3) is 0 Å². The molecule has 0 saturated heterocycles. The summed E-state index contributed by atoms with van der Waals surface area (Å²) in [6.45, 7) is 5.08. The van der Waals surface area contributed by atoms with E-state index in [4.69, 9.17) is 0 Å². The first-order chi connectivity index (χ1) is 15.3. The van der Waals surface area contributed by atoms with Crippen LogP contribution in [0.25, 0.3) is 5.65 Å². The maximum Gasteiger partial charge on any atom is 0.350 e. The van der Waals surface area contributed by atoms with Crippen LogP contribution in [0.3, 0.4) is 0 Å². The van der Waals surface area contributed by atoms with Gasteiger partial charge >= 0.3 is 5.69 Å². The fraction of sp³-hybridized carbons (Fsp3) is 0.250. The highest BCUT2D eigenvalue weighted by molar-refractivity contribution is 7.89. The first kappa shape index (κ1) is 20.7. The zero-order valence-corrected chi connectivity index (χ0v) is 18.8. The van der Waals surface area contributed by atoms with E-state index in [1.807, 2.05) is 56.3 Å². The molecule has 0 amide bonds. The fourth-order valence-electron chi connectivity index (χ4n) is 4.21. The average molecular weight is 449 g/mol. The Morgan fingerprint density at radius 2 is 1.78 bits per heavy atom. The Morgan fingerprint density at radius 3 is 2.59 bits per heavy atom. The molecule has 1 aliphatic heterocycles. The lowest BCUT2D eigenvalue weighted by Crippen LogP contribution is -2.36. The summed E-state index contributed by atoms with van der Waals surface area (Å²) >= 11 is 0. The Kier molecular flexibility index (Phi) is 4.98. The van der Waals surface area contributed by atoms with Crippen LogP contribution in [0, 0.1) is 13.8 Å². The van der Waals surface area contributed by atoms with Crippen LogP contribution >= 0.6 is 0 Å². The number of aromatic nitrogens is 3. The van der Waals surface area contributed by atoms with Crippen LogP contribution in [-0.4, -0.2) is 33.4 Å². The summed E-state index contributed by atoms with van der Waals surface area (Å²) in [5, 5.41) is 4.40. The number of benzene rings is 2. The SMILES string of the molecule is Cc1ccc(C)c(Cn2nc3ccc(S(=O)(=O)N4CCc5ccccc5C4)cn3c2=O)c1. The third-order valence-corrected chi connectivity index (χ3v) is 7.94. The van der Waals surface area contributed by atoms with Gasteiger partial charge in [0, 0.05) is 19.3 Å². The molecule has 0 bridgehead atoms. The molecule has 0 saturated carbocycles. The molecule has 0 unspecified atom stereocenters. The third kappa shape index (κ3) is 3.55. The number of nitrogens with zero attached hydrogens (tertiary/aromatic N) is 4. The average Bonchev–Trinajstić information content (AvgIpc) is 3.10. The van der Waals surface area contributed by atoms with Crippen molar-refractivity contribution in [3.63, 3.8) is 0 Å². The maximum atomic E-state index is 13.3. The second kappa shape index (κ2) is 7.72. The van der Waals surface area contributed by atoms with E-state index >= 15 is 0 Å². The Balaban J connectivity index is 1.49. The van der Waals surface area contributed by atoms with Gasteiger partial charge in [0.1, 0.15) is 0 Å². The van der Waals surface area contributed by atoms with Gasteiger partial charge in [0.2, 0.25) is 10.0 Å². The van der Waals surface area contributed by atoms with E-state index in [1.165, 1.54) is 31.2 Å². The third-order valence-electron chi connectivity index (χ3n) is 6.11. The number of sulfonamides is 1. The predicted octanol–water partition coefficient (Wildman–Crippen LogP) is 2.91. The maximum absolute atomic E-state index is 13.3. The molecule has 164 valence electrons. The summed E-state index contributed by atoms with van der Waals surface area (Å²) in [4.78, 5) is 13.1. The Hall–Kier alpha value is -3.23. The number of aryl methyl sites for hydroxylation is 2. The minimum absolute atomic E-state index is 0.0952. The smallest absolute Gasteiger partial charge is 0.249 e. The molecule has 32 heavy (non-hydrogen) atoms. The number of rotatable bonds is 4. The molecular formula is C24H24N4O3S. The van der Waals surface area contributed by atoms with Crippen LogP contribution in [-0.2, 0) is 29.5 Å². The van der Waals surface area contributed by atoms with Gasteiger partial charge < -0.3 is 0 Å². The molecule has 8 heteroatoms. The molecule has 1 aliphatic rings. The largest absolute Gasteiger partial charge is 0.350 e. The van der Waals surface area contributed by atoms with Crippen molar-refractivity contribution in [2.24, 2.45) is 0 Å². The van der Waals surface area contributed by atoms with Gasteiger partial charge in [-0.3, -0.25) is 0 Å². The van der Waals surface area contributed by atoms with Crippen molar-refractivity contribution in [2.45, 2.75) is 38.3 Å². The number of pyridine rings is 1. The second-order valence-electron chi connectivity index (χ2n) is 8.32. The monoisotopic (exact) mass is 448 g/mol. The van der Waals surface area contributed by atoms with Crippen LogP contribution in [0.5, 0.6) is 0 Å². The summed E-state index contributed by atoms with van der Waals surface area (Å²) in [5.74, 6) is 0. The minimum atomic E-state index is -3.74. The van der Waals surface area contributed by atoms with Gasteiger partial charge in [-0.25, -0.2) is 22.3 Å². The molecular weight excluding hydrogens is 424 g/mol. The quantitative estimate of drug-likeness (QED) is 0.481. The van der Waals surface area contributed by atoms with Crippen molar-refractivity contribution < 1.29 is 8.42 Å². The summed E-state index contributed by atoms with van der Waals surface area (Å²) in [6, 6.07) is 17.1. The second-order valence-corrected chi connectivity index (χ2v) is 10.3. The van der Waals surface area contributed by atoms with E-state index in [-0.39, 0.29) is 10.6 Å². The van der Waals surface area contributed by atoms with Crippen molar-refractivity contribution >= 4 is 15.7 Å². The van der Waals surface area contributed by atoms with Crippen LogP contribution in [0.2, 0.25) is 0 Å². The molecule has 0 N–H and O–H groups in total.